The van der Waals surface area contributed by atoms with Gasteiger partial charge in [-0.25, -0.2) is 9.78 Å². The molecule has 4 rings (SSSR count). The number of imidazole rings is 1. The Hall–Kier alpha value is -3.26. The van der Waals surface area contributed by atoms with E-state index in [-0.39, 0.29) is 0 Å². The molecule has 0 radical (unpaired) electrons. The molecule has 2 heterocycles. The van der Waals surface area contributed by atoms with Crippen molar-refractivity contribution in [1.29, 1.82) is 0 Å². The molecule has 0 aliphatic carbocycles. The minimum absolute atomic E-state index is 0.300. The van der Waals surface area contributed by atoms with Crippen LogP contribution in [-0.2, 0) is 6.42 Å². The molecule has 3 aromatic rings. The van der Waals surface area contributed by atoms with E-state index in [1.54, 1.807) is 24.3 Å². The predicted octanol–water partition coefficient (Wildman–Crippen LogP) is 2.48. The zero-order chi connectivity index (χ0) is 20.2. The van der Waals surface area contributed by atoms with Crippen LogP contribution in [0.3, 0.4) is 0 Å². The molecule has 1 aliphatic heterocycles. The number of primary amides is 1. The number of carbonyl (C=O) groups excluding carboxylic acids is 1. The molecular formula is C21H25N5O3. The van der Waals surface area contributed by atoms with Gasteiger partial charge < -0.3 is 30.4 Å². The number of phenols is 1. The Labute approximate surface area is 168 Å². The van der Waals surface area contributed by atoms with Crippen LogP contribution >= 0.6 is 0 Å². The lowest BCUT2D eigenvalue weighted by molar-refractivity contribution is 0.211. The Balaban J connectivity index is 1.40. The summed E-state index contributed by atoms with van der Waals surface area (Å²) in [5.41, 5.74) is 7.80. The summed E-state index contributed by atoms with van der Waals surface area (Å²) in [6.45, 7) is 4.73. The van der Waals surface area contributed by atoms with E-state index in [1.165, 1.54) is 5.56 Å². The number of carbonyl (C=O) groups is 1. The number of fused-ring (bicyclic) bond motifs is 1. The molecule has 8 heteroatoms. The highest BCUT2D eigenvalue weighted by Crippen LogP contribution is 2.27. The number of anilines is 1. The average molecular weight is 395 g/mol. The van der Waals surface area contributed by atoms with Gasteiger partial charge in [0.15, 0.2) is 5.75 Å². The number of amides is 1. The predicted molar refractivity (Wildman–Crippen MR) is 111 cm³/mol. The number of aromatic hydroxyl groups is 1. The van der Waals surface area contributed by atoms with Crippen molar-refractivity contribution in [3.63, 3.8) is 0 Å². The van der Waals surface area contributed by atoms with Crippen LogP contribution in [0.5, 0.6) is 11.5 Å². The number of H-pyrrole nitrogens is 1. The molecule has 8 nitrogen and oxygen atoms in total. The molecule has 1 saturated heterocycles. The number of rotatable bonds is 5. The third-order valence-electron chi connectivity index (χ3n) is 5.21. The van der Waals surface area contributed by atoms with Crippen LogP contribution in [0.25, 0.3) is 11.0 Å². The second kappa shape index (κ2) is 8.40. The van der Waals surface area contributed by atoms with Crippen molar-refractivity contribution in [2.24, 2.45) is 5.73 Å². The fourth-order valence-electron chi connectivity index (χ4n) is 3.69. The van der Waals surface area contributed by atoms with E-state index in [2.05, 4.69) is 19.8 Å². The van der Waals surface area contributed by atoms with Crippen LogP contribution in [-0.4, -0.2) is 58.8 Å². The van der Waals surface area contributed by atoms with Crippen molar-refractivity contribution in [3.8, 4) is 11.5 Å². The summed E-state index contributed by atoms with van der Waals surface area (Å²) in [6, 6.07) is 12.8. The van der Waals surface area contributed by atoms with E-state index in [0.717, 1.165) is 57.0 Å². The molecule has 1 amide bonds. The first-order chi connectivity index (χ1) is 14.1. The van der Waals surface area contributed by atoms with Crippen molar-refractivity contribution < 1.29 is 14.6 Å². The number of ether oxygens (including phenoxy) is 1. The van der Waals surface area contributed by atoms with E-state index >= 15 is 0 Å². The third kappa shape index (κ3) is 4.60. The maximum atomic E-state index is 11.1. The number of para-hydroxylation sites is 1. The number of phenolic OH excluding ortho intramolecular Hbond substituents is 1. The first-order valence-corrected chi connectivity index (χ1v) is 9.80. The van der Waals surface area contributed by atoms with Crippen molar-refractivity contribution in [2.75, 3.05) is 37.6 Å². The SMILES string of the molecule is NC(=O)Oc1cccc2[nH]c(N3CCCN(CCc4ccc(O)cc4)CC3)nc12. The van der Waals surface area contributed by atoms with Crippen LogP contribution in [0.15, 0.2) is 42.5 Å². The van der Waals surface area contributed by atoms with Gasteiger partial charge in [0.25, 0.3) is 0 Å². The lowest BCUT2D eigenvalue weighted by atomic mass is 10.1. The maximum Gasteiger partial charge on any atom is 0.410 e. The number of benzene rings is 2. The van der Waals surface area contributed by atoms with Gasteiger partial charge in [-0.15, -0.1) is 0 Å². The van der Waals surface area contributed by atoms with Crippen molar-refractivity contribution in [1.82, 2.24) is 14.9 Å². The summed E-state index contributed by atoms with van der Waals surface area (Å²) in [5.74, 6) is 1.44. The monoisotopic (exact) mass is 395 g/mol. The minimum Gasteiger partial charge on any atom is -0.508 e. The molecule has 152 valence electrons. The number of nitrogens with two attached hydrogens (primary N) is 1. The van der Waals surface area contributed by atoms with Gasteiger partial charge in [0, 0.05) is 26.2 Å². The summed E-state index contributed by atoms with van der Waals surface area (Å²) in [6.07, 6.45) is 1.15. The smallest absolute Gasteiger partial charge is 0.410 e. The Morgan fingerprint density at radius 1 is 1.14 bits per heavy atom. The molecule has 1 aromatic heterocycles. The highest BCUT2D eigenvalue weighted by atomic mass is 16.5. The third-order valence-corrected chi connectivity index (χ3v) is 5.21. The topological polar surface area (TPSA) is 108 Å². The number of aromatic amines is 1. The summed E-state index contributed by atoms with van der Waals surface area (Å²) in [4.78, 5) is 23.8. The molecule has 0 bridgehead atoms. The molecule has 0 atom stereocenters. The number of aromatic nitrogens is 2. The van der Waals surface area contributed by atoms with Gasteiger partial charge in [-0.2, -0.15) is 0 Å². The van der Waals surface area contributed by atoms with Crippen molar-refractivity contribution >= 4 is 23.1 Å². The van der Waals surface area contributed by atoms with Crippen LogP contribution in [0, 0.1) is 0 Å². The Kier molecular flexibility index (Phi) is 5.53. The zero-order valence-electron chi connectivity index (χ0n) is 16.2. The highest BCUT2D eigenvalue weighted by molar-refractivity contribution is 5.86. The normalized spacial score (nSPS) is 15.4. The summed E-state index contributed by atoms with van der Waals surface area (Å²) >= 11 is 0. The highest BCUT2D eigenvalue weighted by Gasteiger charge is 2.19. The Morgan fingerprint density at radius 2 is 1.97 bits per heavy atom. The molecule has 29 heavy (non-hydrogen) atoms. The lowest BCUT2D eigenvalue weighted by Crippen LogP contribution is -2.32. The zero-order valence-corrected chi connectivity index (χ0v) is 16.2. The van der Waals surface area contributed by atoms with E-state index in [4.69, 9.17) is 10.5 Å². The minimum atomic E-state index is -0.846. The maximum absolute atomic E-state index is 11.1. The second-order valence-electron chi connectivity index (χ2n) is 7.23. The van der Waals surface area contributed by atoms with Crippen molar-refractivity contribution in [3.05, 3.63) is 48.0 Å². The van der Waals surface area contributed by atoms with Crippen LogP contribution in [0.2, 0.25) is 0 Å². The molecule has 1 fully saturated rings. The first kappa shape index (κ1) is 19.1. The standard InChI is InChI=1S/C21H25N5O3/c22-20(28)29-18-4-1-3-17-19(18)24-21(23-17)26-11-2-10-25(13-14-26)12-9-15-5-7-16(27)8-6-15/h1,3-8,27H,2,9-14H2,(H2,22,28)(H,23,24). The van der Waals surface area contributed by atoms with Crippen LogP contribution < -0.4 is 15.4 Å². The van der Waals surface area contributed by atoms with Gasteiger partial charge in [0.1, 0.15) is 11.3 Å². The summed E-state index contributed by atoms with van der Waals surface area (Å²) < 4.78 is 5.07. The van der Waals surface area contributed by atoms with Gasteiger partial charge in [-0.3, -0.25) is 0 Å². The van der Waals surface area contributed by atoms with Gasteiger partial charge in [0.05, 0.1) is 5.52 Å². The molecule has 2 aromatic carbocycles. The van der Waals surface area contributed by atoms with Crippen molar-refractivity contribution in [2.45, 2.75) is 12.8 Å². The molecule has 0 saturated carbocycles. The summed E-state index contributed by atoms with van der Waals surface area (Å²) in [7, 11) is 0. The van der Waals surface area contributed by atoms with Crippen LogP contribution in [0.4, 0.5) is 10.7 Å². The average Bonchev–Trinajstić information content (AvgIpc) is 3.00. The Morgan fingerprint density at radius 3 is 2.76 bits per heavy atom. The summed E-state index contributed by atoms with van der Waals surface area (Å²) in [5, 5.41) is 9.41. The van der Waals surface area contributed by atoms with E-state index in [1.807, 2.05) is 18.2 Å². The molecular weight excluding hydrogens is 370 g/mol. The van der Waals surface area contributed by atoms with Crippen LogP contribution in [0.1, 0.15) is 12.0 Å². The molecule has 0 unspecified atom stereocenters. The number of hydrogen-bond acceptors (Lipinski definition) is 6. The molecule has 4 N–H and O–H groups in total. The van der Waals surface area contributed by atoms with E-state index in [0.29, 0.717) is 17.0 Å². The van der Waals surface area contributed by atoms with E-state index < -0.39 is 6.09 Å². The fourth-order valence-corrected chi connectivity index (χ4v) is 3.69. The van der Waals surface area contributed by atoms with Gasteiger partial charge in [-0.1, -0.05) is 18.2 Å². The fraction of sp³-hybridized carbons (Fsp3) is 0.333. The van der Waals surface area contributed by atoms with E-state index in [9.17, 15) is 9.90 Å². The molecule has 1 aliphatic rings. The van der Waals surface area contributed by atoms with Gasteiger partial charge in [0.2, 0.25) is 5.95 Å². The lowest BCUT2D eigenvalue weighted by Gasteiger charge is -2.21. The quantitative estimate of drug-likeness (QED) is 0.613. The van der Waals surface area contributed by atoms with Gasteiger partial charge in [-0.05, 0) is 49.2 Å². The number of hydrogen-bond donors (Lipinski definition) is 3. The largest absolute Gasteiger partial charge is 0.508 e. The first-order valence-electron chi connectivity index (χ1n) is 9.80. The molecule has 0 spiro atoms. The number of nitrogens with zero attached hydrogens (tertiary/aromatic N) is 3. The number of nitrogens with one attached hydrogen (secondary N) is 1. The Bertz CT molecular complexity index is 986. The van der Waals surface area contributed by atoms with Gasteiger partial charge >= 0.3 is 6.09 Å². The second-order valence-corrected chi connectivity index (χ2v) is 7.23.